The molecule has 1 saturated heterocycles. The average molecular weight is 397 g/mol. The number of benzene rings is 1. The van der Waals surface area contributed by atoms with E-state index in [1.54, 1.807) is 12.1 Å². The summed E-state index contributed by atoms with van der Waals surface area (Å²) in [6.45, 7) is 3.23. The Morgan fingerprint density at radius 3 is 2.42 bits per heavy atom. The Kier molecular flexibility index (Phi) is 6.56. The standard InChI is InChI=1S/C16H16ClF3N2S.ClH/c17-14-5-4-13(23-14)15(22-8-6-21-7-9-22)11-2-1-3-12(10-11)16(18,19)20;/h1-5,10,15,21H,6-9H2;1H/t15-;/m1./s1. The van der Waals surface area contributed by atoms with Gasteiger partial charge in [0.05, 0.1) is 15.9 Å². The molecule has 1 aliphatic heterocycles. The predicted molar refractivity (Wildman–Crippen MR) is 94.3 cm³/mol. The zero-order valence-electron chi connectivity index (χ0n) is 12.6. The molecule has 0 saturated carbocycles. The quantitative estimate of drug-likeness (QED) is 0.798. The molecule has 1 atom stereocenters. The van der Waals surface area contributed by atoms with Crippen molar-refractivity contribution in [2.24, 2.45) is 0 Å². The van der Waals surface area contributed by atoms with E-state index >= 15 is 0 Å². The highest BCUT2D eigenvalue weighted by atomic mass is 35.5. The minimum absolute atomic E-state index is 0. The molecule has 0 spiro atoms. The van der Waals surface area contributed by atoms with Gasteiger partial charge >= 0.3 is 6.18 Å². The number of hydrogen-bond donors (Lipinski definition) is 1. The first-order chi connectivity index (χ1) is 10.9. The molecule has 1 aromatic carbocycles. The van der Waals surface area contributed by atoms with E-state index in [-0.39, 0.29) is 18.4 Å². The predicted octanol–water partition coefficient (Wildman–Crippen LogP) is 4.84. The van der Waals surface area contributed by atoms with Crippen molar-refractivity contribution in [1.82, 2.24) is 10.2 Å². The molecular formula is C16H17Cl2F3N2S. The zero-order valence-corrected chi connectivity index (χ0v) is 15.0. The molecule has 132 valence electrons. The van der Waals surface area contributed by atoms with Gasteiger partial charge in [-0.3, -0.25) is 4.90 Å². The second-order valence-electron chi connectivity index (χ2n) is 5.45. The lowest BCUT2D eigenvalue weighted by Gasteiger charge is -2.35. The molecule has 0 bridgehead atoms. The van der Waals surface area contributed by atoms with Crippen LogP contribution < -0.4 is 5.32 Å². The Morgan fingerprint density at radius 1 is 1.12 bits per heavy atom. The lowest BCUT2D eigenvalue weighted by atomic mass is 10.00. The molecule has 3 rings (SSSR count). The number of rotatable bonds is 3. The van der Waals surface area contributed by atoms with Crippen LogP contribution in [0.15, 0.2) is 36.4 Å². The summed E-state index contributed by atoms with van der Waals surface area (Å²) in [5.41, 5.74) is 0.0398. The fraction of sp³-hybridized carbons (Fsp3) is 0.375. The number of thiophene rings is 1. The van der Waals surface area contributed by atoms with Gasteiger partial charge < -0.3 is 5.32 Å². The number of nitrogens with zero attached hydrogens (tertiary/aromatic N) is 1. The molecule has 2 heterocycles. The van der Waals surface area contributed by atoms with Crippen LogP contribution in [0.25, 0.3) is 0 Å². The number of hydrogen-bond acceptors (Lipinski definition) is 3. The molecular weight excluding hydrogens is 380 g/mol. The van der Waals surface area contributed by atoms with Gasteiger partial charge in [-0.05, 0) is 29.8 Å². The Balaban J connectivity index is 0.00000208. The van der Waals surface area contributed by atoms with Gasteiger partial charge in [-0.2, -0.15) is 13.2 Å². The van der Waals surface area contributed by atoms with Crippen molar-refractivity contribution in [2.75, 3.05) is 26.2 Å². The molecule has 2 nitrogen and oxygen atoms in total. The second-order valence-corrected chi connectivity index (χ2v) is 7.20. The average Bonchev–Trinajstić information content (AvgIpc) is 2.94. The van der Waals surface area contributed by atoms with Gasteiger partial charge in [-0.25, -0.2) is 0 Å². The van der Waals surface area contributed by atoms with Crippen LogP contribution >= 0.6 is 35.3 Å². The van der Waals surface area contributed by atoms with Crippen molar-refractivity contribution >= 4 is 35.3 Å². The highest BCUT2D eigenvalue weighted by molar-refractivity contribution is 7.16. The van der Waals surface area contributed by atoms with Gasteiger partial charge in [0, 0.05) is 31.1 Å². The summed E-state index contributed by atoms with van der Waals surface area (Å²) >= 11 is 7.46. The lowest BCUT2D eigenvalue weighted by molar-refractivity contribution is -0.137. The summed E-state index contributed by atoms with van der Waals surface area (Å²) in [7, 11) is 0. The largest absolute Gasteiger partial charge is 0.416 e. The maximum absolute atomic E-state index is 13.0. The first kappa shape index (κ1) is 19.5. The van der Waals surface area contributed by atoms with E-state index in [4.69, 9.17) is 11.6 Å². The molecule has 1 aliphatic rings. The summed E-state index contributed by atoms with van der Waals surface area (Å²) < 4.78 is 39.8. The summed E-state index contributed by atoms with van der Waals surface area (Å²) in [5, 5.41) is 3.27. The van der Waals surface area contributed by atoms with E-state index in [1.165, 1.54) is 23.5 Å². The van der Waals surface area contributed by atoms with Crippen LogP contribution in [-0.4, -0.2) is 31.1 Å². The monoisotopic (exact) mass is 396 g/mol. The van der Waals surface area contributed by atoms with Crippen LogP contribution in [0.2, 0.25) is 4.34 Å². The van der Waals surface area contributed by atoms with Gasteiger partial charge in [0.25, 0.3) is 0 Å². The maximum Gasteiger partial charge on any atom is 0.416 e. The van der Waals surface area contributed by atoms with Gasteiger partial charge in [0.2, 0.25) is 0 Å². The number of alkyl halides is 3. The third-order valence-electron chi connectivity index (χ3n) is 3.91. The van der Waals surface area contributed by atoms with Crippen molar-refractivity contribution in [2.45, 2.75) is 12.2 Å². The number of piperazine rings is 1. The molecule has 1 aromatic heterocycles. The van der Waals surface area contributed by atoms with Crippen LogP contribution in [-0.2, 0) is 6.18 Å². The highest BCUT2D eigenvalue weighted by Crippen LogP contribution is 2.37. The number of nitrogens with one attached hydrogen (secondary N) is 1. The maximum atomic E-state index is 13.0. The fourth-order valence-electron chi connectivity index (χ4n) is 2.86. The normalized spacial score (nSPS) is 17.3. The molecule has 1 fully saturated rings. The van der Waals surface area contributed by atoms with E-state index in [1.807, 2.05) is 6.07 Å². The van der Waals surface area contributed by atoms with E-state index < -0.39 is 11.7 Å². The molecule has 2 aromatic rings. The first-order valence-electron chi connectivity index (χ1n) is 7.32. The van der Waals surface area contributed by atoms with E-state index in [2.05, 4.69) is 10.2 Å². The van der Waals surface area contributed by atoms with Crippen LogP contribution in [0.4, 0.5) is 13.2 Å². The Bertz CT molecular complexity index is 669. The first-order valence-corrected chi connectivity index (χ1v) is 8.52. The Morgan fingerprint density at radius 2 is 1.83 bits per heavy atom. The van der Waals surface area contributed by atoms with Crippen molar-refractivity contribution in [1.29, 1.82) is 0 Å². The van der Waals surface area contributed by atoms with Crippen molar-refractivity contribution < 1.29 is 13.2 Å². The minimum atomic E-state index is -4.34. The number of halogens is 5. The Labute approximate surface area is 154 Å². The molecule has 0 radical (unpaired) electrons. The van der Waals surface area contributed by atoms with Gasteiger partial charge in [0.1, 0.15) is 0 Å². The van der Waals surface area contributed by atoms with Crippen LogP contribution in [0.1, 0.15) is 22.0 Å². The van der Waals surface area contributed by atoms with Crippen molar-refractivity contribution in [3.63, 3.8) is 0 Å². The molecule has 0 unspecified atom stereocenters. The van der Waals surface area contributed by atoms with E-state index in [9.17, 15) is 13.2 Å². The SMILES string of the molecule is Cl.FC(F)(F)c1cccc([C@H](c2ccc(Cl)s2)N2CCNCC2)c1. The summed E-state index contributed by atoms with van der Waals surface area (Å²) in [4.78, 5) is 3.17. The zero-order chi connectivity index (χ0) is 16.4. The topological polar surface area (TPSA) is 15.3 Å². The molecule has 24 heavy (non-hydrogen) atoms. The van der Waals surface area contributed by atoms with Crippen molar-refractivity contribution in [3.05, 3.63) is 56.7 Å². The molecule has 8 heteroatoms. The minimum Gasteiger partial charge on any atom is -0.314 e. The van der Waals surface area contributed by atoms with Gasteiger partial charge in [0.15, 0.2) is 0 Å². The van der Waals surface area contributed by atoms with Crippen molar-refractivity contribution in [3.8, 4) is 0 Å². The smallest absolute Gasteiger partial charge is 0.314 e. The van der Waals surface area contributed by atoms with Crippen LogP contribution in [0, 0.1) is 0 Å². The van der Waals surface area contributed by atoms with Crippen LogP contribution in [0.5, 0.6) is 0 Å². The van der Waals surface area contributed by atoms with Gasteiger partial charge in [-0.1, -0.05) is 23.7 Å². The van der Waals surface area contributed by atoms with Gasteiger partial charge in [-0.15, -0.1) is 23.7 Å². The summed E-state index contributed by atoms with van der Waals surface area (Å²) in [6, 6.07) is 9.10. The summed E-state index contributed by atoms with van der Waals surface area (Å²) in [5.74, 6) is 0. The fourth-order valence-corrected chi connectivity index (χ4v) is 4.08. The highest BCUT2D eigenvalue weighted by Gasteiger charge is 2.32. The molecule has 0 amide bonds. The second kappa shape index (κ2) is 8.06. The Hall–Kier alpha value is -0.790. The third kappa shape index (κ3) is 4.43. The van der Waals surface area contributed by atoms with E-state index in [0.29, 0.717) is 9.90 Å². The summed E-state index contributed by atoms with van der Waals surface area (Å²) in [6.07, 6.45) is -4.34. The van der Waals surface area contributed by atoms with Crippen LogP contribution in [0.3, 0.4) is 0 Å². The molecule has 1 N–H and O–H groups in total. The third-order valence-corrected chi connectivity index (χ3v) is 5.19. The molecule has 0 aliphatic carbocycles. The lowest BCUT2D eigenvalue weighted by Crippen LogP contribution is -2.45. The van der Waals surface area contributed by atoms with E-state index in [0.717, 1.165) is 37.1 Å².